The molecule has 0 aromatic heterocycles. The Kier molecular flexibility index (Phi) is 3.75. The molecule has 2 aromatic carbocycles. The van der Waals surface area contributed by atoms with Crippen LogP contribution in [0.2, 0.25) is 10.0 Å². The van der Waals surface area contributed by atoms with Gasteiger partial charge >= 0.3 is 6.09 Å². The van der Waals surface area contributed by atoms with Crippen molar-refractivity contribution >= 4 is 40.7 Å². The van der Waals surface area contributed by atoms with Crippen molar-refractivity contribution in [2.45, 2.75) is 0 Å². The molecule has 0 spiro atoms. The molecule has 0 unspecified atom stereocenters. The van der Waals surface area contributed by atoms with E-state index in [1.54, 1.807) is 36.4 Å². The average molecular weight is 281 g/mol. The normalized spacial score (nSPS) is 10.1. The number of para-hydroxylation sites is 1. The highest BCUT2D eigenvalue weighted by atomic mass is 35.5. The number of anilines is 2. The third-order valence-electron chi connectivity index (χ3n) is 2.35. The minimum absolute atomic E-state index is 0.246. The van der Waals surface area contributed by atoms with E-state index in [4.69, 9.17) is 23.2 Å². The molecule has 0 N–H and O–H groups in total. The van der Waals surface area contributed by atoms with E-state index < -0.39 is 6.09 Å². The lowest BCUT2D eigenvalue weighted by Crippen LogP contribution is -2.22. The first-order chi connectivity index (χ1) is 8.59. The van der Waals surface area contributed by atoms with Crippen LogP contribution in [0.25, 0.3) is 0 Å². The standard InChI is InChI=1S/C13H8Cl2NO2/c14-9-6-7-12(11(15)8-9)16(13(17)18)10-4-2-1-3-5-10/h1-8H. The highest BCUT2D eigenvalue weighted by molar-refractivity contribution is 6.36. The molecule has 0 heterocycles. The number of nitrogens with zero attached hydrogens (tertiary/aromatic N) is 1. The van der Waals surface area contributed by atoms with E-state index >= 15 is 0 Å². The minimum atomic E-state index is -1.36. The maximum Gasteiger partial charge on any atom is 0.462 e. The Morgan fingerprint density at radius 3 is 2.22 bits per heavy atom. The van der Waals surface area contributed by atoms with Crippen LogP contribution >= 0.6 is 23.2 Å². The van der Waals surface area contributed by atoms with Crippen molar-refractivity contribution in [1.82, 2.24) is 0 Å². The Balaban J connectivity index is 2.52. The molecule has 0 aliphatic rings. The van der Waals surface area contributed by atoms with Gasteiger partial charge in [-0.1, -0.05) is 41.4 Å². The molecule has 2 aromatic rings. The number of carbonyl (C=O) groups is 1. The summed E-state index contributed by atoms with van der Waals surface area (Å²) in [4.78, 5) is 12.3. The van der Waals surface area contributed by atoms with E-state index in [-0.39, 0.29) is 5.02 Å². The molecule has 0 saturated heterocycles. The van der Waals surface area contributed by atoms with E-state index in [1.165, 1.54) is 12.1 Å². The molecule has 0 aliphatic heterocycles. The first kappa shape index (κ1) is 12.7. The zero-order chi connectivity index (χ0) is 13.1. The second-order valence-electron chi connectivity index (χ2n) is 3.53. The molecular weight excluding hydrogens is 273 g/mol. The summed E-state index contributed by atoms with van der Waals surface area (Å²) in [5, 5.41) is 11.9. The highest BCUT2D eigenvalue weighted by Crippen LogP contribution is 2.33. The van der Waals surface area contributed by atoms with Gasteiger partial charge in [0.1, 0.15) is 0 Å². The molecule has 1 radical (unpaired) electrons. The Morgan fingerprint density at radius 2 is 1.67 bits per heavy atom. The van der Waals surface area contributed by atoms with Gasteiger partial charge in [-0.25, -0.2) is 14.8 Å². The number of carbonyl (C=O) groups excluding carboxylic acids is 1. The smallest absolute Gasteiger partial charge is 0.242 e. The van der Waals surface area contributed by atoms with Crippen LogP contribution in [-0.4, -0.2) is 6.09 Å². The minimum Gasteiger partial charge on any atom is -0.242 e. The molecule has 1 amide bonds. The molecule has 18 heavy (non-hydrogen) atoms. The van der Waals surface area contributed by atoms with Crippen LogP contribution in [0.3, 0.4) is 0 Å². The van der Waals surface area contributed by atoms with Crippen LogP contribution in [0, 0.1) is 0 Å². The Bertz CT molecular complexity index is 572. The molecule has 0 atom stereocenters. The Labute approximate surface area is 114 Å². The summed E-state index contributed by atoms with van der Waals surface area (Å²) >= 11 is 11.8. The van der Waals surface area contributed by atoms with Crippen molar-refractivity contribution < 1.29 is 9.90 Å². The second kappa shape index (κ2) is 5.29. The fourth-order valence-corrected chi connectivity index (χ4v) is 2.08. The number of hydrogen-bond donors (Lipinski definition) is 0. The van der Waals surface area contributed by atoms with Crippen molar-refractivity contribution in [3.63, 3.8) is 0 Å². The van der Waals surface area contributed by atoms with Gasteiger partial charge in [0.2, 0.25) is 0 Å². The van der Waals surface area contributed by atoms with Gasteiger partial charge in [0.25, 0.3) is 0 Å². The summed E-state index contributed by atoms with van der Waals surface area (Å²) < 4.78 is 0. The maximum absolute atomic E-state index is 11.3. The second-order valence-corrected chi connectivity index (χ2v) is 4.38. The predicted octanol–water partition coefficient (Wildman–Crippen LogP) is 4.68. The summed E-state index contributed by atoms with van der Waals surface area (Å²) in [6.07, 6.45) is -1.36. The Hall–Kier alpha value is -1.71. The summed E-state index contributed by atoms with van der Waals surface area (Å²) in [7, 11) is 0. The van der Waals surface area contributed by atoms with Gasteiger partial charge in [0.05, 0.1) is 16.4 Å². The molecule has 91 valence electrons. The van der Waals surface area contributed by atoms with Gasteiger partial charge < -0.3 is 0 Å². The first-order valence-corrected chi connectivity index (χ1v) is 5.86. The third-order valence-corrected chi connectivity index (χ3v) is 2.89. The van der Waals surface area contributed by atoms with Gasteiger partial charge in [-0.2, -0.15) is 0 Å². The van der Waals surface area contributed by atoms with Gasteiger partial charge in [-0.3, -0.25) is 0 Å². The summed E-state index contributed by atoms with van der Waals surface area (Å²) in [5.41, 5.74) is 0.772. The van der Waals surface area contributed by atoms with Crippen LogP contribution in [0.5, 0.6) is 0 Å². The predicted molar refractivity (Wildman–Crippen MR) is 71.1 cm³/mol. The first-order valence-electron chi connectivity index (χ1n) is 5.11. The molecule has 2 rings (SSSR count). The number of halogens is 2. The number of benzene rings is 2. The molecule has 5 heteroatoms. The molecule has 0 bridgehead atoms. The van der Waals surface area contributed by atoms with Crippen molar-refractivity contribution in [2.24, 2.45) is 0 Å². The molecular formula is C13H8Cl2NO2. The van der Waals surface area contributed by atoms with Crippen LogP contribution < -0.4 is 4.90 Å². The lowest BCUT2D eigenvalue weighted by molar-refractivity contribution is 0.179. The van der Waals surface area contributed by atoms with E-state index in [0.29, 0.717) is 16.4 Å². The van der Waals surface area contributed by atoms with E-state index in [9.17, 15) is 9.90 Å². The molecule has 3 nitrogen and oxygen atoms in total. The Morgan fingerprint density at radius 1 is 1.00 bits per heavy atom. The van der Waals surface area contributed by atoms with Gasteiger partial charge in [0, 0.05) is 5.02 Å². The lowest BCUT2D eigenvalue weighted by atomic mass is 10.2. The van der Waals surface area contributed by atoms with E-state index in [0.717, 1.165) is 4.90 Å². The van der Waals surface area contributed by atoms with Crippen molar-refractivity contribution in [2.75, 3.05) is 4.90 Å². The van der Waals surface area contributed by atoms with Gasteiger partial charge in [-0.05, 0) is 30.3 Å². The maximum atomic E-state index is 11.3. The zero-order valence-electron chi connectivity index (χ0n) is 9.14. The fraction of sp³-hybridized carbons (Fsp3) is 0. The van der Waals surface area contributed by atoms with Crippen LogP contribution in [0.4, 0.5) is 16.2 Å². The van der Waals surface area contributed by atoms with E-state index in [2.05, 4.69) is 0 Å². The summed E-state index contributed by atoms with van der Waals surface area (Å²) in [5.74, 6) is 0. The van der Waals surface area contributed by atoms with Crippen molar-refractivity contribution in [1.29, 1.82) is 0 Å². The van der Waals surface area contributed by atoms with Crippen molar-refractivity contribution in [3.8, 4) is 0 Å². The summed E-state index contributed by atoms with van der Waals surface area (Å²) in [6.45, 7) is 0. The number of amides is 1. The highest BCUT2D eigenvalue weighted by Gasteiger charge is 2.20. The zero-order valence-corrected chi connectivity index (χ0v) is 10.7. The van der Waals surface area contributed by atoms with Crippen molar-refractivity contribution in [3.05, 3.63) is 58.6 Å². The van der Waals surface area contributed by atoms with Crippen LogP contribution in [0.15, 0.2) is 48.5 Å². The molecule has 0 fully saturated rings. The van der Waals surface area contributed by atoms with Crippen LogP contribution in [-0.2, 0) is 5.11 Å². The fourth-order valence-electron chi connectivity index (χ4n) is 1.58. The van der Waals surface area contributed by atoms with E-state index in [1.807, 2.05) is 0 Å². The van der Waals surface area contributed by atoms with Crippen LogP contribution in [0.1, 0.15) is 0 Å². The van der Waals surface area contributed by atoms with Gasteiger partial charge in [0.15, 0.2) is 0 Å². The SMILES string of the molecule is [O]C(=O)N(c1ccccc1)c1ccc(Cl)cc1Cl. The molecule has 0 aliphatic carbocycles. The number of hydrogen-bond acceptors (Lipinski definition) is 1. The topological polar surface area (TPSA) is 40.2 Å². The number of rotatable bonds is 2. The monoisotopic (exact) mass is 280 g/mol. The summed E-state index contributed by atoms with van der Waals surface area (Å²) in [6, 6.07) is 13.2. The average Bonchev–Trinajstić information content (AvgIpc) is 2.33. The largest absolute Gasteiger partial charge is 0.462 e. The lowest BCUT2D eigenvalue weighted by Gasteiger charge is -2.19. The van der Waals surface area contributed by atoms with Gasteiger partial charge in [-0.15, -0.1) is 0 Å². The third kappa shape index (κ3) is 2.58. The quantitative estimate of drug-likeness (QED) is 0.787. The molecule has 0 saturated carbocycles.